The minimum Gasteiger partial charge on any atom is -0.481 e. The lowest BCUT2D eigenvalue weighted by atomic mass is 9.35. The summed E-state index contributed by atoms with van der Waals surface area (Å²) >= 11 is 0. The van der Waals surface area contributed by atoms with Crippen LogP contribution in [0.1, 0.15) is 119 Å². The molecule has 0 bridgehead atoms. The first kappa shape index (κ1) is 26.9. The fourth-order valence-electron chi connectivity index (χ4n) is 9.95. The van der Waals surface area contributed by atoms with Gasteiger partial charge in [0, 0.05) is 11.6 Å². The number of carboxylic acid groups (broad SMARTS) is 1. The van der Waals surface area contributed by atoms with Crippen molar-refractivity contribution in [2.24, 2.45) is 44.8 Å². The van der Waals surface area contributed by atoms with E-state index in [1.807, 2.05) is 6.92 Å². The minimum absolute atomic E-state index is 0.00443. The average molecular weight is 486 g/mol. The van der Waals surface area contributed by atoms with Crippen molar-refractivity contribution in [3.63, 3.8) is 0 Å². The number of allylic oxidation sites excluding steroid dienone is 2. The molecule has 4 rings (SSSR count). The molecule has 0 heterocycles. The molecular formula is C31H51NO3. The van der Waals surface area contributed by atoms with Crippen molar-refractivity contribution in [2.75, 3.05) is 0 Å². The Hall–Kier alpha value is -1.16. The van der Waals surface area contributed by atoms with E-state index in [0.29, 0.717) is 12.3 Å². The summed E-state index contributed by atoms with van der Waals surface area (Å²) in [5, 5.41) is 30.5. The molecule has 0 aromatic heterocycles. The summed E-state index contributed by atoms with van der Waals surface area (Å²) < 4.78 is 0. The van der Waals surface area contributed by atoms with E-state index in [1.54, 1.807) is 0 Å². The Morgan fingerprint density at radius 3 is 2.37 bits per heavy atom. The molecule has 0 saturated heterocycles. The van der Waals surface area contributed by atoms with E-state index in [2.05, 4.69) is 47.6 Å². The first-order valence-corrected chi connectivity index (χ1v) is 14.4. The molecule has 0 aromatic rings. The number of hydrogen-bond donors (Lipinski definition) is 3. The van der Waals surface area contributed by atoms with Crippen molar-refractivity contribution < 1.29 is 15.0 Å². The zero-order chi connectivity index (χ0) is 26.0. The highest BCUT2D eigenvalue weighted by molar-refractivity contribution is 5.98. The molecule has 0 spiro atoms. The summed E-state index contributed by atoms with van der Waals surface area (Å²) in [6.45, 7) is 16.1. The molecule has 198 valence electrons. The van der Waals surface area contributed by atoms with E-state index in [9.17, 15) is 20.4 Å². The Bertz CT molecular complexity index is 907. The van der Waals surface area contributed by atoms with Gasteiger partial charge in [0.1, 0.15) is 0 Å². The third-order valence-corrected chi connectivity index (χ3v) is 12.2. The second kappa shape index (κ2) is 8.71. The van der Waals surface area contributed by atoms with Crippen LogP contribution in [-0.2, 0) is 4.79 Å². The zero-order valence-electron chi connectivity index (χ0n) is 23.5. The van der Waals surface area contributed by atoms with Crippen LogP contribution in [0.15, 0.2) is 11.6 Å². The van der Waals surface area contributed by atoms with Gasteiger partial charge in [-0.15, -0.1) is 0 Å². The largest absolute Gasteiger partial charge is 0.481 e. The number of aliphatic carboxylic acids is 1. The van der Waals surface area contributed by atoms with Crippen LogP contribution in [0.3, 0.4) is 0 Å². The van der Waals surface area contributed by atoms with Gasteiger partial charge in [0.2, 0.25) is 0 Å². The van der Waals surface area contributed by atoms with Crippen molar-refractivity contribution >= 4 is 11.7 Å². The van der Waals surface area contributed by atoms with Crippen LogP contribution in [-0.4, -0.2) is 28.0 Å². The van der Waals surface area contributed by atoms with Gasteiger partial charge in [-0.25, -0.2) is 0 Å². The Labute approximate surface area is 213 Å². The number of unbranched alkanes of at least 4 members (excludes halogenated alkanes) is 1. The number of aliphatic hydroxyl groups excluding tert-OH is 1. The normalized spacial score (nSPS) is 47.4. The standard InChI is InChI=1S/C31H51NO3/c1-8-9-15-30(6)21(20-11-10-14-28(4,19-20)26(34)35)18-22(32)25-29(5)16-13-24(33)27(2,3)23(29)12-17-31(25,30)7/h18,20,23-25,32-33H,8-17,19H2,1-7H3,(H,34,35)/t20-,23+,24+,25?,28+,29+,30-,31-/m1/s1. The molecule has 3 fully saturated rings. The molecule has 35 heavy (non-hydrogen) atoms. The molecule has 8 atom stereocenters. The van der Waals surface area contributed by atoms with Gasteiger partial charge in [-0.2, -0.15) is 0 Å². The van der Waals surface area contributed by atoms with Crippen LogP contribution in [0.4, 0.5) is 0 Å². The van der Waals surface area contributed by atoms with Gasteiger partial charge in [0.15, 0.2) is 0 Å². The Balaban J connectivity index is 1.82. The predicted molar refractivity (Wildman–Crippen MR) is 143 cm³/mol. The topological polar surface area (TPSA) is 81.4 Å². The highest BCUT2D eigenvalue weighted by atomic mass is 16.4. The molecule has 0 aromatic carbocycles. The second-order valence-electron chi connectivity index (χ2n) is 14.5. The lowest BCUT2D eigenvalue weighted by Crippen LogP contribution is -2.65. The van der Waals surface area contributed by atoms with Crippen LogP contribution in [0.2, 0.25) is 0 Å². The Morgan fingerprint density at radius 1 is 1.06 bits per heavy atom. The number of aliphatic hydroxyl groups is 1. The van der Waals surface area contributed by atoms with E-state index in [4.69, 9.17) is 0 Å². The van der Waals surface area contributed by atoms with Gasteiger partial charge in [-0.3, -0.25) is 4.79 Å². The number of fused-ring (bicyclic) bond motifs is 3. The van der Waals surface area contributed by atoms with E-state index >= 15 is 0 Å². The van der Waals surface area contributed by atoms with Crippen molar-refractivity contribution in [2.45, 2.75) is 125 Å². The fourth-order valence-corrected chi connectivity index (χ4v) is 9.95. The van der Waals surface area contributed by atoms with Crippen molar-refractivity contribution in [3.8, 4) is 0 Å². The summed E-state index contributed by atoms with van der Waals surface area (Å²) in [4.78, 5) is 12.2. The van der Waals surface area contributed by atoms with Crippen molar-refractivity contribution in [1.29, 1.82) is 5.41 Å². The van der Waals surface area contributed by atoms with Crippen LogP contribution in [0, 0.1) is 50.2 Å². The maximum Gasteiger partial charge on any atom is 0.309 e. The number of carboxylic acids is 1. The highest BCUT2D eigenvalue weighted by Crippen LogP contribution is 2.72. The third-order valence-electron chi connectivity index (χ3n) is 12.2. The Morgan fingerprint density at radius 2 is 1.74 bits per heavy atom. The monoisotopic (exact) mass is 485 g/mol. The summed E-state index contributed by atoms with van der Waals surface area (Å²) in [6.07, 6.45) is 12.8. The van der Waals surface area contributed by atoms with Crippen LogP contribution in [0.5, 0.6) is 0 Å². The number of hydrogen-bond acceptors (Lipinski definition) is 3. The molecule has 3 N–H and O–H groups in total. The summed E-state index contributed by atoms with van der Waals surface area (Å²) in [5.74, 6) is 0.178. The van der Waals surface area contributed by atoms with Gasteiger partial charge < -0.3 is 15.6 Å². The van der Waals surface area contributed by atoms with Gasteiger partial charge in [-0.05, 0) is 97.9 Å². The van der Waals surface area contributed by atoms with Gasteiger partial charge in [0.05, 0.1) is 11.5 Å². The van der Waals surface area contributed by atoms with Crippen LogP contribution in [0.25, 0.3) is 0 Å². The molecule has 4 nitrogen and oxygen atoms in total. The van der Waals surface area contributed by atoms with Crippen molar-refractivity contribution in [3.05, 3.63) is 11.6 Å². The highest BCUT2D eigenvalue weighted by Gasteiger charge is 2.67. The number of rotatable bonds is 5. The molecule has 1 unspecified atom stereocenters. The predicted octanol–water partition coefficient (Wildman–Crippen LogP) is 7.64. The maximum absolute atomic E-state index is 12.2. The summed E-state index contributed by atoms with van der Waals surface area (Å²) in [7, 11) is 0. The van der Waals surface area contributed by atoms with E-state index in [0.717, 1.165) is 69.9 Å². The second-order valence-corrected chi connectivity index (χ2v) is 14.5. The van der Waals surface area contributed by atoms with Gasteiger partial charge >= 0.3 is 5.97 Å². The minimum atomic E-state index is -0.664. The van der Waals surface area contributed by atoms with Crippen LogP contribution >= 0.6 is 0 Å². The lowest BCUT2D eigenvalue weighted by molar-refractivity contribution is -0.175. The molecule has 4 aliphatic carbocycles. The zero-order valence-corrected chi connectivity index (χ0v) is 23.5. The summed E-state index contributed by atoms with van der Waals surface area (Å²) in [5.41, 5.74) is 1.31. The number of carbonyl (C=O) groups is 1. The van der Waals surface area contributed by atoms with Crippen molar-refractivity contribution in [1.82, 2.24) is 0 Å². The van der Waals surface area contributed by atoms with Gasteiger partial charge in [0.25, 0.3) is 0 Å². The fraction of sp³-hybridized carbons (Fsp3) is 0.871. The first-order chi connectivity index (χ1) is 16.2. The molecule has 4 heteroatoms. The third kappa shape index (κ3) is 3.79. The van der Waals surface area contributed by atoms with Crippen LogP contribution < -0.4 is 0 Å². The van der Waals surface area contributed by atoms with E-state index in [-0.39, 0.29) is 39.6 Å². The quantitative estimate of drug-likeness (QED) is 0.374. The maximum atomic E-state index is 12.2. The molecule has 0 amide bonds. The lowest BCUT2D eigenvalue weighted by Gasteiger charge is -2.69. The Kier molecular flexibility index (Phi) is 6.69. The average Bonchev–Trinajstić information content (AvgIpc) is 2.77. The van der Waals surface area contributed by atoms with E-state index in [1.165, 1.54) is 5.57 Å². The SMILES string of the molecule is CCCC[C@]1(C)C([C@@H]2CCC[C@](C)(C(=O)O)C2)=CC(=N)C2[C@@]3(C)CC[C@H](O)C(C)(C)[C@@H]3CC[C@]21C. The molecule has 0 aliphatic heterocycles. The number of nitrogens with one attached hydrogen (secondary N) is 1. The van der Waals surface area contributed by atoms with E-state index < -0.39 is 11.4 Å². The molecule has 0 radical (unpaired) electrons. The van der Waals surface area contributed by atoms with Gasteiger partial charge in [-0.1, -0.05) is 66.4 Å². The molecule has 4 aliphatic rings. The first-order valence-electron chi connectivity index (χ1n) is 14.4. The smallest absolute Gasteiger partial charge is 0.309 e. The molecule has 3 saturated carbocycles. The summed E-state index contributed by atoms with van der Waals surface area (Å²) in [6, 6.07) is 0. The molecular weight excluding hydrogens is 434 g/mol.